The zero-order chi connectivity index (χ0) is 12.1. The Kier molecular flexibility index (Phi) is 4.13. The number of phenols is 2. The van der Waals surface area contributed by atoms with Crippen molar-refractivity contribution in [2.24, 2.45) is 0 Å². The molecule has 0 aromatic heterocycles. The molecule has 0 aliphatic rings. The largest absolute Gasteiger partial charge is 0.504 e. The van der Waals surface area contributed by atoms with Crippen molar-refractivity contribution in [3.8, 4) is 11.5 Å². The molecule has 0 fully saturated rings. The zero-order valence-electron chi connectivity index (χ0n) is 9.40. The minimum atomic E-state index is -0.284. The van der Waals surface area contributed by atoms with Gasteiger partial charge in [-0.05, 0) is 25.2 Å². The molecule has 0 saturated carbocycles. The number of hydrogen-bond donors (Lipinski definition) is 3. The van der Waals surface area contributed by atoms with Crippen LogP contribution in [-0.4, -0.2) is 48.2 Å². The highest BCUT2D eigenvalue weighted by Crippen LogP contribution is 2.25. The van der Waals surface area contributed by atoms with E-state index in [9.17, 15) is 9.90 Å². The number of aromatic hydroxyl groups is 2. The molecule has 0 spiro atoms. The van der Waals surface area contributed by atoms with E-state index in [-0.39, 0.29) is 17.4 Å². The number of likely N-dealkylation sites (N-methyl/N-ethyl adjacent to an activating group) is 2. The van der Waals surface area contributed by atoms with Gasteiger partial charge in [-0.15, -0.1) is 0 Å². The number of benzene rings is 1. The predicted octanol–water partition coefficient (Wildman–Crippen LogP) is 0.389. The molecule has 1 aromatic carbocycles. The van der Waals surface area contributed by atoms with E-state index in [1.807, 2.05) is 7.05 Å². The minimum Gasteiger partial charge on any atom is -0.504 e. The van der Waals surface area contributed by atoms with Gasteiger partial charge in [0.05, 0.1) is 0 Å². The SMILES string of the molecule is CNCCN(C)C(=O)c1ccc(O)c(O)c1. The van der Waals surface area contributed by atoms with E-state index in [0.717, 1.165) is 0 Å². The molecule has 5 nitrogen and oxygen atoms in total. The summed E-state index contributed by atoms with van der Waals surface area (Å²) < 4.78 is 0. The molecule has 0 saturated heterocycles. The molecule has 0 atom stereocenters. The molecule has 0 bridgehead atoms. The topological polar surface area (TPSA) is 72.8 Å². The Balaban J connectivity index is 2.76. The number of hydrogen-bond acceptors (Lipinski definition) is 4. The lowest BCUT2D eigenvalue weighted by Crippen LogP contribution is -2.32. The van der Waals surface area contributed by atoms with Crippen molar-refractivity contribution in [3.63, 3.8) is 0 Å². The van der Waals surface area contributed by atoms with E-state index in [2.05, 4.69) is 5.32 Å². The van der Waals surface area contributed by atoms with Crippen molar-refractivity contribution >= 4 is 5.91 Å². The third-order valence-corrected chi connectivity index (χ3v) is 2.27. The summed E-state index contributed by atoms with van der Waals surface area (Å²) in [6.45, 7) is 1.28. The summed E-state index contributed by atoms with van der Waals surface area (Å²) in [5.74, 6) is -0.701. The fourth-order valence-electron chi connectivity index (χ4n) is 1.26. The standard InChI is InChI=1S/C11H16N2O3/c1-12-5-6-13(2)11(16)8-3-4-9(14)10(15)7-8/h3-4,7,12,14-15H,5-6H2,1-2H3. The average molecular weight is 224 g/mol. The second-order valence-electron chi connectivity index (χ2n) is 3.53. The first-order chi connectivity index (χ1) is 7.56. The molecule has 5 heteroatoms. The summed E-state index contributed by atoms with van der Waals surface area (Å²) in [7, 11) is 3.49. The molecule has 1 aromatic rings. The summed E-state index contributed by atoms with van der Waals surface area (Å²) in [6.07, 6.45) is 0. The first-order valence-corrected chi connectivity index (χ1v) is 4.98. The van der Waals surface area contributed by atoms with Crippen LogP contribution in [0.4, 0.5) is 0 Å². The smallest absolute Gasteiger partial charge is 0.253 e. The molecule has 88 valence electrons. The normalized spacial score (nSPS) is 10.1. The fourth-order valence-corrected chi connectivity index (χ4v) is 1.26. The summed E-state index contributed by atoms with van der Waals surface area (Å²) in [4.78, 5) is 13.4. The average Bonchev–Trinajstić information content (AvgIpc) is 2.28. The van der Waals surface area contributed by atoms with Gasteiger partial charge in [-0.25, -0.2) is 0 Å². The number of nitrogens with zero attached hydrogens (tertiary/aromatic N) is 1. The molecule has 1 amide bonds. The first-order valence-electron chi connectivity index (χ1n) is 4.98. The lowest BCUT2D eigenvalue weighted by molar-refractivity contribution is 0.0796. The van der Waals surface area contributed by atoms with Crippen molar-refractivity contribution in [1.82, 2.24) is 10.2 Å². The number of carbonyl (C=O) groups excluding carboxylic acids is 1. The van der Waals surface area contributed by atoms with Crippen LogP contribution in [0.25, 0.3) is 0 Å². The molecule has 0 aliphatic heterocycles. The maximum atomic E-state index is 11.8. The second-order valence-corrected chi connectivity index (χ2v) is 3.53. The van der Waals surface area contributed by atoms with Crippen molar-refractivity contribution in [3.05, 3.63) is 23.8 Å². The van der Waals surface area contributed by atoms with E-state index < -0.39 is 0 Å². The quantitative estimate of drug-likeness (QED) is 0.647. The molecule has 0 unspecified atom stereocenters. The number of amides is 1. The molecule has 0 aliphatic carbocycles. The van der Waals surface area contributed by atoms with Crippen LogP contribution in [0.1, 0.15) is 10.4 Å². The Labute approximate surface area is 94.3 Å². The van der Waals surface area contributed by atoms with Crippen LogP contribution in [0, 0.1) is 0 Å². The maximum Gasteiger partial charge on any atom is 0.253 e. The van der Waals surface area contributed by atoms with E-state index in [0.29, 0.717) is 18.7 Å². The number of nitrogens with one attached hydrogen (secondary N) is 1. The van der Waals surface area contributed by atoms with Crippen molar-refractivity contribution in [2.45, 2.75) is 0 Å². The van der Waals surface area contributed by atoms with Crippen LogP contribution in [0.2, 0.25) is 0 Å². The lowest BCUT2D eigenvalue weighted by Gasteiger charge is -2.17. The van der Waals surface area contributed by atoms with Gasteiger partial charge < -0.3 is 20.4 Å². The van der Waals surface area contributed by atoms with Gasteiger partial charge in [0.2, 0.25) is 0 Å². The van der Waals surface area contributed by atoms with E-state index in [1.54, 1.807) is 11.9 Å². The van der Waals surface area contributed by atoms with Gasteiger partial charge in [-0.3, -0.25) is 4.79 Å². The summed E-state index contributed by atoms with van der Waals surface area (Å²) in [6, 6.07) is 4.04. The molecular formula is C11H16N2O3. The van der Waals surface area contributed by atoms with E-state index in [4.69, 9.17) is 5.11 Å². The fraction of sp³-hybridized carbons (Fsp3) is 0.364. The van der Waals surface area contributed by atoms with E-state index in [1.165, 1.54) is 18.2 Å². The highest BCUT2D eigenvalue weighted by atomic mass is 16.3. The summed E-state index contributed by atoms with van der Waals surface area (Å²) in [5.41, 5.74) is 0.355. The van der Waals surface area contributed by atoms with Gasteiger partial charge >= 0.3 is 0 Å². The Morgan fingerprint density at radius 2 is 2.06 bits per heavy atom. The predicted molar refractivity (Wildman–Crippen MR) is 60.7 cm³/mol. The number of phenolic OH excluding ortho intramolecular Hbond substituents is 2. The summed E-state index contributed by atoms with van der Waals surface area (Å²) >= 11 is 0. The van der Waals surface area contributed by atoms with Crippen LogP contribution < -0.4 is 5.32 Å². The summed E-state index contributed by atoms with van der Waals surface area (Å²) in [5, 5.41) is 21.3. The molecule has 0 radical (unpaired) electrons. The van der Waals surface area contributed by atoms with Crippen molar-refractivity contribution in [1.29, 1.82) is 0 Å². The second kappa shape index (κ2) is 5.37. The monoisotopic (exact) mass is 224 g/mol. The van der Waals surface area contributed by atoms with Crippen LogP contribution in [0.3, 0.4) is 0 Å². The van der Waals surface area contributed by atoms with Crippen LogP contribution in [-0.2, 0) is 0 Å². The molecule has 0 heterocycles. The van der Waals surface area contributed by atoms with Crippen LogP contribution >= 0.6 is 0 Å². The molecule has 16 heavy (non-hydrogen) atoms. The Morgan fingerprint density at radius 1 is 1.38 bits per heavy atom. The number of rotatable bonds is 4. The van der Waals surface area contributed by atoms with Gasteiger partial charge in [0.1, 0.15) is 0 Å². The van der Waals surface area contributed by atoms with Crippen molar-refractivity contribution < 1.29 is 15.0 Å². The maximum absolute atomic E-state index is 11.8. The first kappa shape index (κ1) is 12.3. The lowest BCUT2D eigenvalue weighted by atomic mass is 10.2. The Morgan fingerprint density at radius 3 is 2.62 bits per heavy atom. The Bertz CT molecular complexity index is 379. The number of carbonyl (C=O) groups is 1. The minimum absolute atomic E-state index is 0.189. The van der Waals surface area contributed by atoms with E-state index >= 15 is 0 Å². The van der Waals surface area contributed by atoms with Gasteiger partial charge in [0, 0.05) is 25.7 Å². The molecular weight excluding hydrogens is 208 g/mol. The highest BCUT2D eigenvalue weighted by molar-refractivity contribution is 5.94. The Hall–Kier alpha value is -1.75. The van der Waals surface area contributed by atoms with Gasteiger partial charge in [0.25, 0.3) is 5.91 Å². The third-order valence-electron chi connectivity index (χ3n) is 2.27. The third kappa shape index (κ3) is 2.87. The van der Waals surface area contributed by atoms with Crippen LogP contribution in [0.5, 0.6) is 11.5 Å². The van der Waals surface area contributed by atoms with Gasteiger partial charge in [0.15, 0.2) is 11.5 Å². The molecule has 3 N–H and O–H groups in total. The van der Waals surface area contributed by atoms with Gasteiger partial charge in [-0.2, -0.15) is 0 Å². The van der Waals surface area contributed by atoms with Crippen molar-refractivity contribution in [2.75, 3.05) is 27.2 Å². The molecule has 1 rings (SSSR count). The zero-order valence-corrected chi connectivity index (χ0v) is 9.40. The highest BCUT2D eigenvalue weighted by Gasteiger charge is 2.12. The van der Waals surface area contributed by atoms with Gasteiger partial charge in [-0.1, -0.05) is 0 Å². The van der Waals surface area contributed by atoms with Crippen LogP contribution in [0.15, 0.2) is 18.2 Å².